The molecule has 0 heterocycles. The lowest BCUT2D eigenvalue weighted by molar-refractivity contribution is 0.0694. The molecule has 0 saturated carbocycles. The molecule has 0 aromatic heterocycles. The zero-order chi connectivity index (χ0) is 11.0. The monoisotopic (exact) mass is 512 g/mol. The van der Waals surface area contributed by atoms with E-state index in [0.717, 1.165) is 4.47 Å². The molecule has 0 fully saturated rings. The van der Waals surface area contributed by atoms with Crippen LogP contribution in [0.25, 0.3) is 0 Å². The van der Waals surface area contributed by atoms with E-state index >= 15 is 0 Å². The molecule has 0 aliphatic heterocycles. The number of hydrogen-bond acceptors (Lipinski definition) is 1. The van der Waals surface area contributed by atoms with Gasteiger partial charge in [0.25, 0.3) is 0 Å². The van der Waals surface area contributed by atoms with Gasteiger partial charge in [0.2, 0.25) is 0 Å². The van der Waals surface area contributed by atoms with Crippen LogP contribution in [0.2, 0.25) is 0 Å². The molecule has 1 aromatic carbocycles. The molecule has 0 aliphatic carbocycles. The van der Waals surface area contributed by atoms with Crippen molar-refractivity contribution in [1.82, 2.24) is 0 Å². The number of carboxylic acid groups (broad SMARTS) is 1. The Bertz CT molecular complexity index is 386. The van der Waals surface area contributed by atoms with Gasteiger partial charge in [-0.3, -0.25) is 0 Å². The summed E-state index contributed by atoms with van der Waals surface area (Å²) in [5.74, 6) is -1.00. The van der Waals surface area contributed by atoms with Gasteiger partial charge in [-0.05, 0) is 79.6 Å². The quantitative estimate of drug-likeness (QED) is 0.412. The third-order valence-electron chi connectivity index (χ3n) is 1.42. The van der Waals surface area contributed by atoms with E-state index in [4.69, 9.17) is 5.11 Å². The largest absolute Gasteiger partial charge is 0.478 e. The summed E-state index contributed by atoms with van der Waals surface area (Å²) >= 11 is 16.3. The van der Waals surface area contributed by atoms with Gasteiger partial charge in [-0.25, -0.2) is 4.79 Å². The maximum Gasteiger partial charge on any atom is 0.338 e. The van der Waals surface area contributed by atoms with Crippen molar-refractivity contribution in [2.24, 2.45) is 0 Å². The van der Waals surface area contributed by atoms with E-state index in [1.807, 2.05) is 0 Å². The van der Waals surface area contributed by atoms with Gasteiger partial charge in [0, 0.05) is 22.4 Å². The number of benzene rings is 1. The normalized spacial score (nSPS) is 10.4. The number of rotatable bonds is 1. The van der Waals surface area contributed by atoms with Crippen LogP contribution < -0.4 is 0 Å². The summed E-state index contributed by atoms with van der Waals surface area (Å²) in [6, 6.07) is 0. The van der Waals surface area contributed by atoms with Gasteiger partial charge in [0.15, 0.2) is 0 Å². The Balaban J connectivity index is 3.68. The molecule has 1 N–H and O–H groups in total. The number of carboxylic acids is 1. The van der Waals surface area contributed by atoms with Crippen LogP contribution in [0.4, 0.5) is 0 Å². The van der Waals surface area contributed by atoms with Crippen LogP contribution in [0.3, 0.4) is 0 Å². The summed E-state index contributed by atoms with van der Waals surface area (Å²) in [5.41, 5.74) is 0.173. The van der Waals surface area contributed by atoms with Crippen LogP contribution in [-0.2, 0) is 0 Å². The topological polar surface area (TPSA) is 37.3 Å². The molecule has 0 spiro atoms. The average Bonchev–Trinajstić information content (AvgIpc) is 2.11. The zero-order valence-electron chi connectivity index (χ0n) is 6.25. The predicted molar refractivity (Wildman–Crippen MR) is 71.9 cm³/mol. The standard InChI is InChI=1S/C7HBr5O2/c8-2-1(7(13)14)3(9)5(11)6(12)4(2)10/h(H,13,14). The SMILES string of the molecule is O=C(O)c1c(Br)c(Br)c(Br)c(Br)c1Br. The van der Waals surface area contributed by atoms with E-state index in [1.54, 1.807) is 0 Å². The van der Waals surface area contributed by atoms with Crippen LogP contribution >= 0.6 is 79.6 Å². The van der Waals surface area contributed by atoms with Gasteiger partial charge < -0.3 is 5.11 Å². The molecule has 1 rings (SSSR count). The molecule has 14 heavy (non-hydrogen) atoms. The van der Waals surface area contributed by atoms with Gasteiger partial charge >= 0.3 is 5.97 Å². The highest BCUT2D eigenvalue weighted by molar-refractivity contribution is 9.15. The first-order chi connectivity index (χ1) is 6.37. The first-order valence-electron chi connectivity index (χ1n) is 3.12. The summed E-state index contributed by atoms with van der Waals surface area (Å²) in [6.45, 7) is 0. The Kier molecular flexibility index (Phi) is 4.65. The Morgan fingerprint density at radius 3 is 1.36 bits per heavy atom. The van der Waals surface area contributed by atoms with Crippen LogP contribution in [0.1, 0.15) is 10.4 Å². The van der Waals surface area contributed by atoms with E-state index in [0.29, 0.717) is 17.9 Å². The minimum atomic E-state index is -1.00. The maximum atomic E-state index is 10.9. The van der Waals surface area contributed by atoms with Crippen molar-refractivity contribution < 1.29 is 9.90 Å². The van der Waals surface area contributed by atoms with E-state index in [9.17, 15) is 4.79 Å². The number of carbonyl (C=O) groups is 1. The van der Waals surface area contributed by atoms with E-state index < -0.39 is 5.97 Å². The molecule has 76 valence electrons. The first kappa shape index (κ1) is 13.2. The highest BCUT2D eigenvalue weighted by Gasteiger charge is 2.21. The molecule has 0 bridgehead atoms. The van der Waals surface area contributed by atoms with Crippen LogP contribution in [-0.4, -0.2) is 11.1 Å². The number of halogens is 5. The van der Waals surface area contributed by atoms with Gasteiger partial charge in [0.1, 0.15) is 0 Å². The van der Waals surface area contributed by atoms with Crippen LogP contribution in [0.15, 0.2) is 22.4 Å². The maximum absolute atomic E-state index is 10.9. The molecule has 0 amide bonds. The zero-order valence-corrected chi connectivity index (χ0v) is 14.2. The third kappa shape index (κ3) is 2.26. The third-order valence-corrected chi connectivity index (χ3v) is 7.52. The summed E-state index contributed by atoms with van der Waals surface area (Å²) < 4.78 is 3.05. The van der Waals surface area contributed by atoms with E-state index in [-0.39, 0.29) is 5.56 Å². The van der Waals surface area contributed by atoms with E-state index in [1.165, 1.54) is 0 Å². The summed E-state index contributed by atoms with van der Waals surface area (Å²) in [6.07, 6.45) is 0. The lowest BCUT2D eigenvalue weighted by atomic mass is 10.2. The van der Waals surface area contributed by atoms with Gasteiger partial charge in [-0.15, -0.1) is 0 Å². The summed E-state index contributed by atoms with van der Waals surface area (Å²) in [5, 5.41) is 8.97. The minimum Gasteiger partial charge on any atom is -0.478 e. The molecule has 0 aliphatic rings. The van der Waals surface area contributed by atoms with E-state index in [2.05, 4.69) is 79.6 Å². The number of hydrogen-bond donors (Lipinski definition) is 1. The molecule has 2 nitrogen and oxygen atoms in total. The predicted octanol–water partition coefficient (Wildman–Crippen LogP) is 5.20. The van der Waals surface area contributed by atoms with Crippen molar-refractivity contribution in [3.05, 3.63) is 27.9 Å². The highest BCUT2D eigenvalue weighted by atomic mass is 79.9. The molecular weight excluding hydrogens is 516 g/mol. The second kappa shape index (κ2) is 4.95. The number of aromatic carboxylic acids is 1. The van der Waals surface area contributed by atoms with Crippen molar-refractivity contribution in [1.29, 1.82) is 0 Å². The van der Waals surface area contributed by atoms with Crippen molar-refractivity contribution in [3.8, 4) is 0 Å². The fourth-order valence-corrected chi connectivity index (χ4v) is 4.18. The smallest absolute Gasteiger partial charge is 0.338 e. The Labute approximate surface area is 122 Å². The van der Waals surface area contributed by atoms with Crippen molar-refractivity contribution >= 4 is 85.6 Å². The first-order valence-corrected chi connectivity index (χ1v) is 7.09. The molecule has 1 aromatic rings. The van der Waals surface area contributed by atoms with Crippen molar-refractivity contribution in [2.45, 2.75) is 0 Å². The molecule has 0 atom stereocenters. The Hall–Kier alpha value is 1.09. The van der Waals surface area contributed by atoms with Crippen LogP contribution in [0, 0.1) is 0 Å². The van der Waals surface area contributed by atoms with Gasteiger partial charge in [-0.1, -0.05) is 0 Å². The lowest BCUT2D eigenvalue weighted by Crippen LogP contribution is -2.01. The molecule has 0 radical (unpaired) electrons. The Morgan fingerprint density at radius 2 is 1.07 bits per heavy atom. The van der Waals surface area contributed by atoms with Gasteiger partial charge in [-0.2, -0.15) is 0 Å². The Morgan fingerprint density at radius 1 is 0.786 bits per heavy atom. The van der Waals surface area contributed by atoms with Crippen LogP contribution in [0.5, 0.6) is 0 Å². The lowest BCUT2D eigenvalue weighted by Gasteiger charge is -2.09. The van der Waals surface area contributed by atoms with Crippen molar-refractivity contribution in [2.75, 3.05) is 0 Å². The molecule has 0 unspecified atom stereocenters. The average molecular weight is 517 g/mol. The molecular formula is C7HBr5O2. The second-order valence-electron chi connectivity index (χ2n) is 2.25. The summed E-state index contributed by atoms with van der Waals surface area (Å²) in [4.78, 5) is 10.9. The fourth-order valence-electron chi connectivity index (χ4n) is 0.793. The van der Waals surface area contributed by atoms with Crippen molar-refractivity contribution in [3.63, 3.8) is 0 Å². The highest BCUT2D eigenvalue weighted by Crippen LogP contribution is 2.44. The fraction of sp³-hybridized carbons (Fsp3) is 0. The van der Waals surface area contributed by atoms with Gasteiger partial charge in [0.05, 0.1) is 5.56 Å². The molecule has 0 saturated heterocycles. The second-order valence-corrected chi connectivity index (χ2v) is 6.22. The molecule has 7 heteroatoms. The summed E-state index contributed by atoms with van der Waals surface area (Å²) in [7, 11) is 0. The minimum absolute atomic E-state index is 0.173.